The van der Waals surface area contributed by atoms with E-state index in [0.29, 0.717) is 44.9 Å². The van der Waals surface area contributed by atoms with Crippen LogP contribution in [0.25, 0.3) is 156 Å². The molecule has 16 aromatic rings. The van der Waals surface area contributed by atoms with Crippen LogP contribution in [-0.2, 0) is 0 Å². The minimum atomic E-state index is -0.449. The third kappa shape index (κ3) is 6.65. The molecule has 370 valence electrons. The maximum absolute atomic E-state index is 12.4. The predicted octanol–water partition coefficient (Wildman–Crippen LogP) is 21.4. The fourth-order valence-electron chi connectivity index (χ4n) is 12.7. The first-order chi connectivity index (χ1) is 41.7. The van der Waals surface area contributed by atoms with Gasteiger partial charge in [-0.25, -0.2) is 4.85 Å². The van der Waals surface area contributed by atoms with Gasteiger partial charge < -0.3 is 9.13 Å². The van der Waals surface area contributed by atoms with Gasteiger partial charge in [-0.1, -0.05) is 230 Å². The monoisotopic (exact) mass is 1060 g/mol. The van der Waals surface area contributed by atoms with E-state index in [0.717, 1.165) is 112 Å². The number of aromatic nitrogens is 2. The van der Waals surface area contributed by atoms with Crippen molar-refractivity contribution in [3.63, 3.8) is 0 Å². The Hall–Kier alpha value is -10.3. The standard InChI is InChI=1S/C74H42N4S2/c1-76-68-64(48-28-13-5-14-29-48)58(44-75)69(65(49-30-15-6-16-31-49)72(68)77-59-35-19-17-33-56(59)67-60(77)43-42-51(46-24-9-3-10-25-46)63(67)47-26-11-4-12-27-47)78-70-53(38-40-55-52-32-18-20-36-61(52)79-73(55)70)54-39-41-57-66-50(45-22-7-2-8-23-45)34-21-37-62(66)80-74(57)71(54)78/h2-43H/i2D,7D,8D,22D,23D. The van der Waals surface area contributed by atoms with Gasteiger partial charge in [0.25, 0.3) is 0 Å². The number of para-hydroxylation sites is 1. The molecule has 16 rings (SSSR count). The van der Waals surface area contributed by atoms with E-state index in [2.05, 4.69) is 166 Å². The zero-order chi connectivity index (χ0) is 57.4. The van der Waals surface area contributed by atoms with Crippen molar-refractivity contribution in [1.82, 2.24) is 9.13 Å². The first-order valence-corrected chi connectivity index (χ1v) is 28.0. The van der Waals surface area contributed by atoms with Crippen molar-refractivity contribution in [1.29, 1.82) is 5.26 Å². The minimum absolute atomic E-state index is 0.131. The summed E-state index contributed by atoms with van der Waals surface area (Å²) in [7, 11) is 0. The van der Waals surface area contributed by atoms with Crippen LogP contribution in [0.5, 0.6) is 0 Å². The second kappa shape index (κ2) is 18.1. The summed E-state index contributed by atoms with van der Waals surface area (Å²) in [5.41, 5.74) is 13.0. The Morgan fingerprint density at radius 1 is 0.400 bits per heavy atom. The van der Waals surface area contributed by atoms with Crippen molar-refractivity contribution >= 4 is 112 Å². The van der Waals surface area contributed by atoms with Crippen LogP contribution in [0.4, 0.5) is 5.69 Å². The molecule has 6 heteroatoms. The van der Waals surface area contributed by atoms with Gasteiger partial charge in [0.2, 0.25) is 5.69 Å². The van der Waals surface area contributed by atoms with Crippen molar-refractivity contribution in [2.75, 3.05) is 0 Å². The minimum Gasteiger partial charge on any atom is -0.318 e. The van der Waals surface area contributed by atoms with E-state index in [1.807, 2.05) is 78.9 Å². The Balaban J connectivity index is 1.17. The summed E-state index contributed by atoms with van der Waals surface area (Å²) in [6.07, 6.45) is 0. The van der Waals surface area contributed by atoms with Crippen LogP contribution in [-0.4, -0.2) is 9.13 Å². The Labute approximate surface area is 475 Å². The highest BCUT2D eigenvalue weighted by Crippen LogP contribution is 2.56. The molecule has 0 amide bonds. The maximum Gasteiger partial charge on any atom is 0.220 e. The second-order valence-electron chi connectivity index (χ2n) is 20.0. The number of nitrogens with zero attached hydrogens (tertiary/aromatic N) is 4. The quantitative estimate of drug-likeness (QED) is 0.147. The molecule has 0 radical (unpaired) electrons. The molecule has 80 heavy (non-hydrogen) atoms. The Morgan fingerprint density at radius 2 is 0.950 bits per heavy atom. The van der Waals surface area contributed by atoms with Gasteiger partial charge in [-0.2, -0.15) is 5.26 Å². The van der Waals surface area contributed by atoms with Crippen LogP contribution < -0.4 is 0 Å². The lowest BCUT2D eigenvalue weighted by Gasteiger charge is -2.26. The fourth-order valence-corrected chi connectivity index (χ4v) is 15.2. The smallest absolute Gasteiger partial charge is 0.220 e. The van der Waals surface area contributed by atoms with Gasteiger partial charge in [0, 0.05) is 63.6 Å². The van der Waals surface area contributed by atoms with Crippen LogP contribution in [0, 0.1) is 17.9 Å². The first-order valence-electron chi connectivity index (χ1n) is 28.9. The van der Waals surface area contributed by atoms with E-state index in [4.69, 9.17) is 4.11 Å². The fraction of sp³-hybridized carbons (Fsp3) is 0. The summed E-state index contributed by atoms with van der Waals surface area (Å²) in [4.78, 5) is 4.64. The lowest BCUT2D eigenvalue weighted by atomic mass is 9.88. The molecule has 0 aliphatic rings. The van der Waals surface area contributed by atoms with Gasteiger partial charge in [-0.05, 0) is 68.8 Å². The Morgan fingerprint density at radius 3 is 1.62 bits per heavy atom. The van der Waals surface area contributed by atoms with Crippen molar-refractivity contribution in [2.45, 2.75) is 0 Å². The van der Waals surface area contributed by atoms with Gasteiger partial charge in [-0.3, -0.25) is 0 Å². The molecule has 0 aliphatic heterocycles. The van der Waals surface area contributed by atoms with Crippen LogP contribution in [0.15, 0.2) is 255 Å². The lowest BCUT2D eigenvalue weighted by molar-refractivity contribution is 1.14. The summed E-state index contributed by atoms with van der Waals surface area (Å²) in [5.74, 6) is 0. The van der Waals surface area contributed by atoms with Crippen molar-refractivity contribution in [3.8, 4) is 73.1 Å². The summed E-state index contributed by atoms with van der Waals surface area (Å²) >= 11 is 3.29. The number of hydrogen-bond acceptors (Lipinski definition) is 3. The predicted molar refractivity (Wildman–Crippen MR) is 339 cm³/mol. The lowest BCUT2D eigenvalue weighted by Crippen LogP contribution is -2.09. The van der Waals surface area contributed by atoms with Crippen molar-refractivity contribution < 1.29 is 6.85 Å². The molecule has 0 aliphatic carbocycles. The zero-order valence-corrected chi connectivity index (χ0v) is 44.1. The maximum atomic E-state index is 12.4. The SMILES string of the molecule is [2H]c1c([2H])c([2H])c(-c2cccc3sc4c(ccc5c6ccc7c8ccccc8sc7c6n(-c6c(C#N)c(-c7ccccc7)c([N+]#[C-])c(-n7c8ccccc8c8c(-c9ccccc9)c(-c9ccccc9)ccc87)c6-c6ccccc6)c54)c23)c([2H])c1[2H]. The number of rotatable bonds is 7. The molecule has 0 saturated carbocycles. The van der Waals surface area contributed by atoms with Gasteiger partial charge in [0.1, 0.15) is 6.07 Å². The van der Waals surface area contributed by atoms with E-state index in [9.17, 15) is 14.6 Å². The molecule has 4 heterocycles. The third-order valence-electron chi connectivity index (χ3n) is 15.9. The van der Waals surface area contributed by atoms with Crippen molar-refractivity contribution in [3.05, 3.63) is 272 Å². The molecule has 0 atom stereocenters. The molecular weight excluding hydrogens is 1010 g/mol. The van der Waals surface area contributed by atoms with E-state index in [1.165, 1.54) is 0 Å². The largest absolute Gasteiger partial charge is 0.318 e. The number of benzene rings is 12. The number of fused-ring (bicyclic) bond motifs is 14. The zero-order valence-electron chi connectivity index (χ0n) is 47.5. The van der Waals surface area contributed by atoms with Crippen LogP contribution >= 0.6 is 22.7 Å². The summed E-state index contributed by atoms with van der Waals surface area (Å²) in [5, 5.41) is 20.2. The highest BCUT2D eigenvalue weighted by molar-refractivity contribution is 7.27. The third-order valence-corrected chi connectivity index (χ3v) is 18.2. The molecule has 4 nitrogen and oxygen atoms in total. The van der Waals surface area contributed by atoms with Gasteiger partial charge in [-0.15, -0.1) is 22.7 Å². The van der Waals surface area contributed by atoms with E-state index in [-0.39, 0.29) is 17.6 Å². The molecule has 4 aromatic heterocycles. The highest BCUT2D eigenvalue weighted by atomic mass is 32.1. The molecule has 0 unspecified atom stereocenters. The molecule has 0 spiro atoms. The van der Waals surface area contributed by atoms with E-state index >= 15 is 0 Å². The Bertz CT molecular complexity index is 5590. The average molecular weight is 1060 g/mol. The average Bonchev–Trinajstić information content (AvgIpc) is 1.64. The second-order valence-corrected chi connectivity index (χ2v) is 22.1. The number of thiophene rings is 2. The summed E-state index contributed by atoms with van der Waals surface area (Å²) in [6.45, 7) is 9.59. The van der Waals surface area contributed by atoms with Crippen LogP contribution in [0.1, 0.15) is 12.4 Å². The van der Waals surface area contributed by atoms with Crippen LogP contribution in [0.2, 0.25) is 0 Å². The number of nitriles is 1. The molecule has 0 fully saturated rings. The van der Waals surface area contributed by atoms with Crippen LogP contribution in [0.3, 0.4) is 0 Å². The van der Waals surface area contributed by atoms with Gasteiger partial charge in [0.15, 0.2) is 0 Å². The van der Waals surface area contributed by atoms with Crippen molar-refractivity contribution in [2.24, 2.45) is 0 Å². The van der Waals surface area contributed by atoms with Gasteiger partial charge >= 0.3 is 0 Å². The topological polar surface area (TPSA) is 38.0 Å². The summed E-state index contributed by atoms with van der Waals surface area (Å²) in [6, 6.07) is 77.9. The molecule has 0 bridgehead atoms. The van der Waals surface area contributed by atoms with Gasteiger partial charge in [0.05, 0.1) is 61.8 Å². The Kier molecular flexibility index (Phi) is 9.26. The molecular formula is C74H42N4S2. The highest BCUT2D eigenvalue weighted by Gasteiger charge is 2.34. The summed E-state index contributed by atoms with van der Waals surface area (Å²) < 4.78 is 52.9. The molecule has 0 saturated heterocycles. The number of hydrogen-bond donors (Lipinski definition) is 0. The molecule has 12 aromatic carbocycles. The first kappa shape index (κ1) is 40.9. The van der Waals surface area contributed by atoms with E-state index in [1.54, 1.807) is 22.7 Å². The van der Waals surface area contributed by atoms with E-state index < -0.39 is 18.1 Å². The normalized spacial score (nSPS) is 12.6. The molecule has 0 N–H and O–H groups in total.